The van der Waals surface area contributed by atoms with Gasteiger partial charge < -0.3 is 10.1 Å². The average molecular weight is 366 g/mol. The molecule has 8 nitrogen and oxygen atoms in total. The molecule has 2 aromatic heterocycles. The first-order chi connectivity index (χ1) is 11.5. The summed E-state index contributed by atoms with van der Waals surface area (Å²) in [6, 6.07) is 7.46. The molecule has 0 aliphatic carbocycles. The number of sulfone groups is 1. The molecule has 0 saturated heterocycles. The van der Waals surface area contributed by atoms with Gasteiger partial charge in [0.15, 0.2) is 0 Å². The topological polar surface area (TPSA) is 125 Å². The zero-order valence-corrected chi connectivity index (χ0v) is 13.7. The highest BCUT2D eigenvalue weighted by atomic mass is 35.5. The number of hydrogen-bond acceptors (Lipinski definition) is 6. The molecule has 1 aromatic carbocycles. The Morgan fingerprint density at radius 3 is 2.62 bits per heavy atom. The van der Waals surface area contributed by atoms with E-state index in [0.29, 0.717) is 10.6 Å². The number of nitrogens with zero attached hydrogens (tertiary/aromatic N) is 3. The molecule has 0 fully saturated rings. The number of benzene rings is 1. The van der Waals surface area contributed by atoms with E-state index < -0.39 is 15.9 Å². The molecule has 2 heterocycles. The lowest BCUT2D eigenvalue weighted by atomic mass is 10.2. The van der Waals surface area contributed by atoms with Gasteiger partial charge in [-0.15, -0.1) is 10.2 Å². The van der Waals surface area contributed by atoms with Crippen molar-refractivity contribution < 1.29 is 13.5 Å². The lowest BCUT2D eigenvalue weighted by Crippen LogP contribution is -2.04. The fourth-order valence-electron chi connectivity index (χ4n) is 2.04. The second-order valence-electron chi connectivity index (χ2n) is 4.79. The second kappa shape index (κ2) is 6.56. The van der Waals surface area contributed by atoms with Crippen molar-refractivity contribution in [3.8, 4) is 0 Å². The predicted octanol–water partition coefficient (Wildman–Crippen LogP) is 1.76. The number of halogens is 1. The number of aliphatic hydroxyl groups is 1. The van der Waals surface area contributed by atoms with Gasteiger partial charge in [-0.3, -0.25) is 0 Å². The number of tetrazole rings is 1. The first-order valence-electron chi connectivity index (χ1n) is 6.76. The van der Waals surface area contributed by atoms with Gasteiger partial charge in [0.05, 0.1) is 4.90 Å². The van der Waals surface area contributed by atoms with Crippen molar-refractivity contribution in [3.63, 3.8) is 0 Å². The van der Waals surface area contributed by atoms with Crippen LogP contribution in [0.1, 0.15) is 17.5 Å². The van der Waals surface area contributed by atoms with E-state index >= 15 is 0 Å². The Bertz CT molecular complexity index is 949. The van der Waals surface area contributed by atoms with Crippen LogP contribution in [0.15, 0.2) is 52.5 Å². The molecule has 0 radical (unpaired) electrons. The van der Waals surface area contributed by atoms with E-state index in [9.17, 15) is 13.5 Å². The van der Waals surface area contributed by atoms with Crippen molar-refractivity contribution in [2.75, 3.05) is 0 Å². The van der Waals surface area contributed by atoms with E-state index in [2.05, 4.69) is 25.6 Å². The first kappa shape index (κ1) is 16.4. The highest BCUT2D eigenvalue weighted by molar-refractivity contribution is 7.91. The number of aliphatic hydroxyl groups excluding tert-OH is 1. The summed E-state index contributed by atoms with van der Waals surface area (Å²) >= 11 is 5.79. The van der Waals surface area contributed by atoms with Crippen LogP contribution in [-0.4, -0.2) is 39.1 Å². The van der Waals surface area contributed by atoms with Crippen LogP contribution in [0.3, 0.4) is 0 Å². The standard InChI is InChI=1S/C14H12ClN5O3S/c15-10-2-4-11(5-3-10)24(22,23)14-9(7-8-16-14)1-6-12(21)13-17-19-20-18-13/h1-8,12,16,21H,(H,17,18,19,20). The Kier molecular flexibility index (Phi) is 4.47. The zero-order valence-electron chi connectivity index (χ0n) is 12.1. The molecular formula is C14H12ClN5O3S. The third-order valence-corrected chi connectivity index (χ3v) is 5.25. The fourth-order valence-corrected chi connectivity index (χ4v) is 3.56. The summed E-state index contributed by atoms with van der Waals surface area (Å²) in [4.78, 5) is 2.83. The Morgan fingerprint density at radius 1 is 1.21 bits per heavy atom. The maximum absolute atomic E-state index is 12.7. The molecule has 0 amide bonds. The van der Waals surface area contributed by atoms with E-state index in [1.807, 2.05) is 0 Å². The summed E-state index contributed by atoms with van der Waals surface area (Å²) in [5.41, 5.74) is 0.396. The summed E-state index contributed by atoms with van der Waals surface area (Å²) in [5.74, 6) is 0.0869. The first-order valence-corrected chi connectivity index (χ1v) is 8.62. The van der Waals surface area contributed by atoms with Crippen molar-refractivity contribution in [1.82, 2.24) is 25.6 Å². The van der Waals surface area contributed by atoms with Crippen molar-refractivity contribution in [2.45, 2.75) is 16.0 Å². The molecule has 24 heavy (non-hydrogen) atoms. The molecule has 10 heteroatoms. The molecule has 124 valence electrons. The Morgan fingerprint density at radius 2 is 1.96 bits per heavy atom. The molecule has 0 aliphatic rings. The fraction of sp³-hybridized carbons (Fsp3) is 0.0714. The second-order valence-corrected chi connectivity index (χ2v) is 7.12. The minimum Gasteiger partial charge on any atom is -0.381 e. The number of H-pyrrole nitrogens is 2. The molecule has 3 aromatic rings. The van der Waals surface area contributed by atoms with Crippen LogP contribution in [0.25, 0.3) is 6.08 Å². The normalized spacial score (nSPS) is 13.4. The molecule has 0 aliphatic heterocycles. The smallest absolute Gasteiger partial charge is 0.222 e. The average Bonchev–Trinajstić information content (AvgIpc) is 3.24. The van der Waals surface area contributed by atoms with Crippen LogP contribution in [0, 0.1) is 0 Å². The lowest BCUT2D eigenvalue weighted by molar-refractivity contribution is 0.219. The predicted molar refractivity (Wildman–Crippen MR) is 85.9 cm³/mol. The van der Waals surface area contributed by atoms with Crippen molar-refractivity contribution in [2.24, 2.45) is 0 Å². The Hall–Kier alpha value is -2.49. The van der Waals surface area contributed by atoms with E-state index in [-0.39, 0.29) is 15.7 Å². The highest BCUT2D eigenvalue weighted by Gasteiger charge is 2.21. The monoisotopic (exact) mass is 365 g/mol. The minimum absolute atomic E-state index is 0.0152. The van der Waals surface area contributed by atoms with Gasteiger partial charge in [-0.2, -0.15) is 5.21 Å². The summed E-state index contributed by atoms with van der Waals surface area (Å²) in [6.45, 7) is 0. The summed E-state index contributed by atoms with van der Waals surface area (Å²) in [6.07, 6.45) is 3.24. The van der Waals surface area contributed by atoms with E-state index in [0.717, 1.165) is 0 Å². The summed E-state index contributed by atoms with van der Waals surface area (Å²) < 4.78 is 25.4. The quantitative estimate of drug-likeness (QED) is 0.632. The SMILES string of the molecule is O=S(=O)(c1ccc(Cl)cc1)c1[nH]ccc1C=CC(O)c1nn[nH]n1. The molecule has 3 N–H and O–H groups in total. The zero-order chi connectivity index (χ0) is 17.2. The lowest BCUT2D eigenvalue weighted by Gasteiger charge is -2.05. The van der Waals surface area contributed by atoms with Gasteiger partial charge in [0.1, 0.15) is 11.1 Å². The maximum Gasteiger partial charge on any atom is 0.222 e. The summed E-state index contributed by atoms with van der Waals surface area (Å²) in [5, 5.41) is 23.3. The van der Waals surface area contributed by atoms with Crippen LogP contribution in [-0.2, 0) is 9.84 Å². The summed E-state index contributed by atoms with van der Waals surface area (Å²) in [7, 11) is -3.74. The van der Waals surface area contributed by atoms with Crippen molar-refractivity contribution in [1.29, 1.82) is 0 Å². The molecular weight excluding hydrogens is 354 g/mol. The maximum atomic E-state index is 12.7. The van der Waals surface area contributed by atoms with Crippen molar-refractivity contribution >= 4 is 27.5 Å². The molecule has 0 bridgehead atoms. The number of rotatable bonds is 5. The number of aromatic amines is 2. The largest absolute Gasteiger partial charge is 0.381 e. The minimum atomic E-state index is -3.74. The molecule has 1 unspecified atom stereocenters. The van der Waals surface area contributed by atoms with Crippen LogP contribution in [0.5, 0.6) is 0 Å². The molecule has 1 atom stereocenters. The van der Waals surface area contributed by atoms with Gasteiger partial charge in [0, 0.05) is 16.8 Å². The molecule has 3 rings (SSSR count). The van der Waals surface area contributed by atoms with Gasteiger partial charge in [-0.05, 0) is 36.4 Å². The van der Waals surface area contributed by atoms with Crippen LogP contribution in [0.4, 0.5) is 0 Å². The van der Waals surface area contributed by atoms with E-state index in [4.69, 9.17) is 11.6 Å². The van der Waals surface area contributed by atoms with E-state index in [1.165, 1.54) is 42.6 Å². The van der Waals surface area contributed by atoms with Gasteiger partial charge in [0.2, 0.25) is 15.7 Å². The van der Waals surface area contributed by atoms with Gasteiger partial charge in [-0.25, -0.2) is 8.42 Å². The number of hydrogen-bond donors (Lipinski definition) is 3. The van der Waals surface area contributed by atoms with Crippen LogP contribution >= 0.6 is 11.6 Å². The Labute approximate surface area is 142 Å². The van der Waals surface area contributed by atoms with Crippen LogP contribution < -0.4 is 0 Å². The Balaban J connectivity index is 1.91. The number of nitrogens with one attached hydrogen (secondary N) is 2. The van der Waals surface area contributed by atoms with Gasteiger partial charge in [-0.1, -0.05) is 22.9 Å². The highest BCUT2D eigenvalue weighted by Crippen LogP contribution is 2.25. The van der Waals surface area contributed by atoms with E-state index in [1.54, 1.807) is 6.07 Å². The third-order valence-electron chi connectivity index (χ3n) is 3.22. The van der Waals surface area contributed by atoms with Crippen LogP contribution in [0.2, 0.25) is 5.02 Å². The van der Waals surface area contributed by atoms with Gasteiger partial charge in [0.25, 0.3) is 0 Å². The number of aromatic nitrogens is 5. The molecule has 0 saturated carbocycles. The van der Waals surface area contributed by atoms with Gasteiger partial charge >= 0.3 is 0 Å². The third kappa shape index (κ3) is 3.23. The molecule has 0 spiro atoms. The van der Waals surface area contributed by atoms with Crippen molar-refractivity contribution in [3.05, 3.63) is 59.0 Å².